The van der Waals surface area contributed by atoms with Crippen molar-refractivity contribution in [2.45, 2.75) is 58.4 Å². The average molecular weight is 572 g/mol. The van der Waals surface area contributed by atoms with Crippen LogP contribution in [-0.2, 0) is 4.79 Å². The fourth-order valence-corrected chi connectivity index (χ4v) is 4.90. The molecule has 0 bridgehead atoms. The maximum absolute atomic E-state index is 12.7. The minimum atomic E-state index is -0.361. The molecule has 0 aliphatic carbocycles. The quantitative estimate of drug-likeness (QED) is 0.156. The normalized spacial score (nSPS) is 15.8. The number of nitrogens with one attached hydrogen (secondary N) is 3. The largest absolute Gasteiger partial charge is 0.498 e. The smallest absolute Gasteiger partial charge is 0.306 e. The van der Waals surface area contributed by atoms with Crippen LogP contribution in [0.5, 0.6) is 11.5 Å². The van der Waals surface area contributed by atoms with Gasteiger partial charge in [-0.1, -0.05) is 37.8 Å². The van der Waals surface area contributed by atoms with Crippen molar-refractivity contribution in [3.63, 3.8) is 0 Å². The number of carbonyl (C=O) groups excluding carboxylic acids is 1. The highest BCUT2D eigenvalue weighted by Gasteiger charge is 2.34. The van der Waals surface area contributed by atoms with E-state index in [9.17, 15) is 10.0 Å². The summed E-state index contributed by atoms with van der Waals surface area (Å²) in [6.45, 7) is 6.43. The van der Waals surface area contributed by atoms with E-state index in [0.29, 0.717) is 48.4 Å². The summed E-state index contributed by atoms with van der Waals surface area (Å²) in [4.78, 5) is 14.8. The van der Waals surface area contributed by atoms with Gasteiger partial charge in [0.05, 0.1) is 30.0 Å². The van der Waals surface area contributed by atoms with Crippen molar-refractivity contribution in [2.24, 2.45) is 5.92 Å². The number of benzene rings is 2. The first kappa shape index (κ1) is 31.2. The lowest BCUT2D eigenvalue weighted by molar-refractivity contribution is -0.116. The van der Waals surface area contributed by atoms with Gasteiger partial charge in [-0.25, -0.2) is 0 Å². The molecule has 2 atom stereocenters. The van der Waals surface area contributed by atoms with E-state index in [4.69, 9.17) is 21.1 Å². The first-order chi connectivity index (χ1) is 19.4. The van der Waals surface area contributed by atoms with Crippen LogP contribution in [0.1, 0.15) is 64.0 Å². The number of amides is 1. The molecule has 2 aromatic carbocycles. The van der Waals surface area contributed by atoms with E-state index in [-0.39, 0.29) is 17.9 Å². The number of fused-ring (bicyclic) bond motifs is 1. The second-order valence-electron chi connectivity index (χ2n) is 10.2. The lowest BCUT2D eigenvalue weighted by atomic mass is 9.88. The van der Waals surface area contributed by atoms with E-state index >= 15 is 0 Å². The van der Waals surface area contributed by atoms with Gasteiger partial charge in [-0.05, 0) is 64.7 Å². The highest BCUT2D eigenvalue weighted by molar-refractivity contribution is 6.32. The zero-order chi connectivity index (χ0) is 28.9. The first-order valence-electron chi connectivity index (χ1n) is 14.1. The van der Waals surface area contributed by atoms with Crippen LogP contribution in [-0.4, -0.2) is 51.2 Å². The predicted molar refractivity (Wildman–Crippen MR) is 164 cm³/mol. The molecule has 1 amide bonds. The second kappa shape index (κ2) is 16.0. The van der Waals surface area contributed by atoms with Gasteiger partial charge in [0.25, 0.3) is 0 Å². The molecular formula is C30H42ClN5O4. The van der Waals surface area contributed by atoms with Gasteiger partial charge in [-0.15, -0.1) is 0 Å². The van der Waals surface area contributed by atoms with Crippen molar-refractivity contribution in [3.8, 4) is 17.6 Å². The van der Waals surface area contributed by atoms with Gasteiger partial charge in [0.2, 0.25) is 5.91 Å². The minimum Gasteiger partial charge on any atom is -0.498 e. The third-order valence-electron chi connectivity index (χ3n) is 6.71. The van der Waals surface area contributed by atoms with Crippen LogP contribution in [0.15, 0.2) is 30.3 Å². The molecular weight excluding hydrogens is 530 g/mol. The zero-order valence-electron chi connectivity index (χ0n) is 24.0. The SMILES string of the molecule is CCCCCCOc1ccc(NC2c3cc(NC(=O)CCCN(C)C)c(OCC)cc3NCC2C#[N+][O-])cc1Cl. The monoisotopic (exact) mass is 571 g/mol. The standard InChI is InChI=1S/C30H42ClN5O4/c1-5-7-8-9-15-40-27-13-12-22(16-24(27)31)34-30-21(20-33-38)19-32-25-18-28(39-6-2)26(17-23(25)30)35-29(37)11-10-14-36(3)4/h12-13,16-18,21,30,32,34H,5-11,14-15,19H2,1-4H3,(H,35,37). The average Bonchev–Trinajstić information content (AvgIpc) is 2.91. The third-order valence-corrected chi connectivity index (χ3v) is 7.01. The maximum atomic E-state index is 12.7. The molecule has 10 heteroatoms. The Bertz CT molecular complexity index is 1180. The first-order valence-corrected chi connectivity index (χ1v) is 14.5. The Labute approximate surface area is 243 Å². The summed E-state index contributed by atoms with van der Waals surface area (Å²) < 4.78 is 11.7. The maximum Gasteiger partial charge on any atom is 0.306 e. The molecule has 3 N–H and O–H groups in total. The number of hydrogen-bond acceptors (Lipinski definition) is 7. The molecule has 2 unspecified atom stereocenters. The second-order valence-corrected chi connectivity index (χ2v) is 10.6. The summed E-state index contributed by atoms with van der Waals surface area (Å²) in [6.07, 6.45) is 5.62. The van der Waals surface area contributed by atoms with Crippen molar-refractivity contribution in [1.82, 2.24) is 4.90 Å². The molecule has 0 radical (unpaired) electrons. The summed E-state index contributed by atoms with van der Waals surface area (Å²) >= 11 is 6.56. The molecule has 0 spiro atoms. The molecule has 1 heterocycles. The Kier molecular flexibility index (Phi) is 12.5. The van der Waals surface area contributed by atoms with Crippen molar-refractivity contribution < 1.29 is 14.3 Å². The zero-order valence-corrected chi connectivity index (χ0v) is 24.8. The van der Waals surface area contributed by atoms with Gasteiger partial charge in [0.15, 0.2) is 0 Å². The molecule has 2 aromatic rings. The van der Waals surface area contributed by atoms with E-state index in [1.165, 1.54) is 12.8 Å². The summed E-state index contributed by atoms with van der Waals surface area (Å²) in [5, 5.41) is 24.5. The van der Waals surface area contributed by atoms with Crippen LogP contribution in [0, 0.1) is 17.2 Å². The molecule has 0 fully saturated rings. The molecule has 0 saturated heterocycles. The number of rotatable bonds is 15. The molecule has 40 heavy (non-hydrogen) atoms. The van der Waals surface area contributed by atoms with Gasteiger partial charge in [0, 0.05) is 41.0 Å². The fourth-order valence-electron chi connectivity index (χ4n) is 4.67. The highest BCUT2D eigenvalue weighted by atomic mass is 35.5. The van der Waals surface area contributed by atoms with Crippen LogP contribution >= 0.6 is 11.6 Å². The van der Waals surface area contributed by atoms with E-state index in [1.807, 2.05) is 56.3 Å². The van der Waals surface area contributed by atoms with Gasteiger partial charge >= 0.3 is 6.07 Å². The Morgan fingerprint density at radius 2 is 1.98 bits per heavy atom. The Morgan fingerprint density at radius 3 is 2.67 bits per heavy atom. The fraction of sp³-hybridized carbons (Fsp3) is 0.533. The molecule has 1 aliphatic heterocycles. The number of unbranched alkanes of at least 4 members (excludes halogenated alkanes) is 3. The van der Waals surface area contributed by atoms with Gasteiger partial charge in [-0.2, -0.15) is 0 Å². The van der Waals surface area contributed by atoms with Crippen molar-refractivity contribution >= 4 is 34.6 Å². The molecule has 0 saturated carbocycles. The lowest BCUT2D eigenvalue weighted by Crippen LogP contribution is -2.31. The Balaban J connectivity index is 1.84. The minimum absolute atomic E-state index is 0.0858. The highest BCUT2D eigenvalue weighted by Crippen LogP contribution is 2.42. The van der Waals surface area contributed by atoms with Gasteiger partial charge in [-0.3, -0.25) is 4.79 Å². The number of nitrogens with zero attached hydrogens (tertiary/aromatic N) is 2. The number of carbonyl (C=O) groups is 1. The number of anilines is 3. The topological polar surface area (TPSA) is 102 Å². The van der Waals surface area contributed by atoms with Crippen LogP contribution in [0.25, 0.3) is 5.01 Å². The van der Waals surface area contributed by atoms with Crippen LogP contribution in [0.4, 0.5) is 17.1 Å². The van der Waals surface area contributed by atoms with Crippen molar-refractivity contribution in [3.05, 3.63) is 51.1 Å². The van der Waals surface area contributed by atoms with E-state index < -0.39 is 0 Å². The molecule has 3 rings (SSSR count). The van der Waals surface area contributed by atoms with Crippen molar-refractivity contribution in [1.29, 1.82) is 0 Å². The van der Waals surface area contributed by atoms with Crippen LogP contribution < -0.4 is 25.4 Å². The van der Waals surface area contributed by atoms with Crippen LogP contribution in [0.3, 0.4) is 0 Å². The molecule has 0 aromatic heterocycles. The third kappa shape index (κ3) is 9.10. The van der Waals surface area contributed by atoms with Crippen LogP contribution in [0.2, 0.25) is 5.02 Å². The number of halogens is 1. The van der Waals surface area contributed by atoms with E-state index in [1.54, 1.807) is 0 Å². The summed E-state index contributed by atoms with van der Waals surface area (Å²) in [5.74, 6) is 0.772. The van der Waals surface area contributed by atoms with Crippen molar-refractivity contribution in [2.75, 3.05) is 56.3 Å². The van der Waals surface area contributed by atoms with E-state index in [0.717, 1.165) is 42.7 Å². The summed E-state index contributed by atoms with van der Waals surface area (Å²) in [5.41, 5.74) is 3.04. The Morgan fingerprint density at radius 1 is 1.15 bits per heavy atom. The molecule has 1 aliphatic rings. The lowest BCUT2D eigenvalue weighted by Gasteiger charge is -2.32. The molecule has 218 valence electrons. The Hall–Kier alpha value is -3.35. The number of ether oxygens (including phenoxy) is 2. The number of hydrogen-bond donors (Lipinski definition) is 3. The van der Waals surface area contributed by atoms with Gasteiger partial charge in [0.1, 0.15) is 17.4 Å². The summed E-state index contributed by atoms with van der Waals surface area (Å²) in [7, 11) is 3.96. The summed E-state index contributed by atoms with van der Waals surface area (Å²) in [6, 6.07) is 11.7. The predicted octanol–water partition coefficient (Wildman–Crippen LogP) is 7.00. The molecule has 9 nitrogen and oxygen atoms in total. The van der Waals surface area contributed by atoms with Gasteiger partial charge < -0.3 is 35.5 Å². The van der Waals surface area contributed by atoms with E-state index in [2.05, 4.69) is 34.0 Å².